The van der Waals surface area contributed by atoms with Gasteiger partial charge in [0.25, 0.3) is 16.0 Å². The molecular formula is C15H30N4O6S2. The molecule has 2 rings (SSSR count). The van der Waals surface area contributed by atoms with Crippen LogP contribution < -0.4 is 15.0 Å². The number of hydrogen-bond acceptors (Lipinski definition) is 10. The van der Waals surface area contributed by atoms with Crippen LogP contribution in [0, 0.1) is 0 Å². The first kappa shape index (κ1) is 24.0. The Balaban J connectivity index is 0.000000527. The standard InChI is InChI=1S/C13H24N4O3S.C2H6O3S/c1-13(2,3)14-8-10(18)9-20-12-11(15-21-16-12)17-4-6-19-7-5-17;1-2-6(3,4)5/h10,14,18H,4-9H2,1-3H3;2H2,1H3,(H,3,4,5). The molecular weight excluding hydrogens is 396 g/mol. The molecule has 0 amide bonds. The Morgan fingerprint density at radius 3 is 2.44 bits per heavy atom. The summed E-state index contributed by atoms with van der Waals surface area (Å²) in [5.41, 5.74) is -0.0257. The van der Waals surface area contributed by atoms with Gasteiger partial charge in [0, 0.05) is 25.2 Å². The maximum atomic E-state index is 9.95. The van der Waals surface area contributed by atoms with Crippen LogP contribution in [0.5, 0.6) is 5.88 Å². The van der Waals surface area contributed by atoms with Crippen molar-refractivity contribution in [2.75, 3.05) is 50.1 Å². The molecule has 0 bridgehead atoms. The van der Waals surface area contributed by atoms with Crippen molar-refractivity contribution in [3.05, 3.63) is 0 Å². The number of ether oxygens (including phenoxy) is 2. The van der Waals surface area contributed by atoms with Gasteiger partial charge in [-0.2, -0.15) is 12.8 Å². The van der Waals surface area contributed by atoms with Gasteiger partial charge < -0.3 is 24.8 Å². The van der Waals surface area contributed by atoms with Crippen LogP contribution in [0.4, 0.5) is 5.82 Å². The minimum Gasteiger partial charge on any atom is -0.472 e. The fourth-order valence-corrected chi connectivity index (χ4v) is 2.41. The minimum absolute atomic E-state index is 0.0257. The number of aliphatic hydroxyl groups is 1. The van der Waals surface area contributed by atoms with Crippen molar-refractivity contribution in [1.82, 2.24) is 14.1 Å². The molecule has 0 saturated carbocycles. The average molecular weight is 427 g/mol. The summed E-state index contributed by atoms with van der Waals surface area (Å²) in [6, 6.07) is 0. The molecule has 1 saturated heterocycles. The summed E-state index contributed by atoms with van der Waals surface area (Å²) >= 11 is 1.12. The molecule has 0 spiro atoms. The van der Waals surface area contributed by atoms with Crippen LogP contribution in [0.2, 0.25) is 0 Å². The summed E-state index contributed by atoms with van der Waals surface area (Å²) in [6.07, 6.45) is -0.580. The summed E-state index contributed by atoms with van der Waals surface area (Å²) in [7, 11) is -3.66. The highest BCUT2D eigenvalue weighted by atomic mass is 32.2. The van der Waals surface area contributed by atoms with Crippen LogP contribution >= 0.6 is 11.7 Å². The van der Waals surface area contributed by atoms with E-state index < -0.39 is 16.2 Å². The molecule has 10 nitrogen and oxygen atoms in total. The van der Waals surface area contributed by atoms with Crippen LogP contribution in [-0.4, -0.2) is 83.7 Å². The number of β-amino-alcohol motifs (C(OH)–C–C–N with tert-alkyl or cyclic N) is 1. The van der Waals surface area contributed by atoms with E-state index in [1.807, 2.05) is 0 Å². The molecule has 3 N–H and O–H groups in total. The number of aromatic nitrogens is 2. The molecule has 1 aliphatic rings. The average Bonchev–Trinajstić information content (AvgIpc) is 3.07. The van der Waals surface area contributed by atoms with Gasteiger partial charge in [0.05, 0.1) is 30.7 Å². The third kappa shape index (κ3) is 10.8. The Labute approximate surface area is 164 Å². The van der Waals surface area contributed by atoms with Crippen LogP contribution in [0.15, 0.2) is 0 Å². The van der Waals surface area contributed by atoms with Gasteiger partial charge in [0.15, 0.2) is 0 Å². The van der Waals surface area contributed by atoms with Gasteiger partial charge in [-0.25, -0.2) is 0 Å². The summed E-state index contributed by atoms with van der Waals surface area (Å²) in [4.78, 5) is 2.10. The molecule has 0 aromatic carbocycles. The lowest BCUT2D eigenvalue weighted by atomic mass is 10.1. The lowest BCUT2D eigenvalue weighted by Crippen LogP contribution is -2.42. The van der Waals surface area contributed by atoms with Gasteiger partial charge in [-0.05, 0) is 27.7 Å². The van der Waals surface area contributed by atoms with Crippen molar-refractivity contribution in [2.24, 2.45) is 0 Å². The zero-order chi connectivity index (χ0) is 20.5. The smallest absolute Gasteiger partial charge is 0.270 e. The van der Waals surface area contributed by atoms with Gasteiger partial charge >= 0.3 is 0 Å². The number of morpholine rings is 1. The van der Waals surface area contributed by atoms with Gasteiger partial charge in [0.1, 0.15) is 12.7 Å². The van der Waals surface area contributed by atoms with Gasteiger partial charge in [0.2, 0.25) is 5.82 Å². The van der Waals surface area contributed by atoms with Gasteiger partial charge in [-0.1, -0.05) is 0 Å². The largest absolute Gasteiger partial charge is 0.472 e. The Morgan fingerprint density at radius 1 is 1.33 bits per heavy atom. The third-order valence-electron chi connectivity index (χ3n) is 3.40. The van der Waals surface area contributed by atoms with Crippen LogP contribution in [-0.2, 0) is 14.9 Å². The zero-order valence-corrected chi connectivity index (χ0v) is 17.8. The highest BCUT2D eigenvalue weighted by Gasteiger charge is 2.21. The predicted octanol–water partition coefficient (Wildman–Crippen LogP) is 0.397. The lowest BCUT2D eigenvalue weighted by molar-refractivity contribution is 0.0975. The quantitative estimate of drug-likeness (QED) is 0.526. The van der Waals surface area contributed by atoms with E-state index in [1.165, 1.54) is 6.92 Å². The zero-order valence-electron chi connectivity index (χ0n) is 16.2. The summed E-state index contributed by atoms with van der Waals surface area (Å²) in [5.74, 6) is 1.04. The third-order valence-corrected chi connectivity index (χ3v) is 4.63. The lowest BCUT2D eigenvalue weighted by Gasteiger charge is -2.27. The fraction of sp³-hybridized carbons (Fsp3) is 0.867. The Bertz CT molecular complexity index is 641. The fourth-order valence-electron chi connectivity index (χ4n) is 1.89. The number of nitrogens with one attached hydrogen (secondary N) is 1. The molecule has 1 aromatic heterocycles. The molecule has 12 heteroatoms. The highest BCUT2D eigenvalue weighted by Crippen LogP contribution is 2.26. The molecule has 2 heterocycles. The molecule has 1 aromatic rings. The second-order valence-electron chi connectivity index (χ2n) is 6.96. The molecule has 1 aliphatic heterocycles. The molecule has 158 valence electrons. The van der Waals surface area contributed by atoms with Crippen molar-refractivity contribution >= 4 is 27.7 Å². The van der Waals surface area contributed by atoms with Crippen molar-refractivity contribution in [3.63, 3.8) is 0 Å². The molecule has 1 unspecified atom stereocenters. The summed E-state index contributed by atoms with van der Waals surface area (Å²) in [5, 5.41) is 13.2. The van der Waals surface area contributed by atoms with E-state index in [9.17, 15) is 13.5 Å². The SMILES string of the molecule is CC(C)(C)NCC(O)COc1nsnc1N1CCOCC1.CCS(=O)(=O)O. The van der Waals surface area contributed by atoms with Crippen LogP contribution in [0.25, 0.3) is 0 Å². The predicted molar refractivity (Wildman–Crippen MR) is 104 cm³/mol. The van der Waals surface area contributed by atoms with Crippen LogP contribution in [0.1, 0.15) is 27.7 Å². The van der Waals surface area contributed by atoms with E-state index in [4.69, 9.17) is 14.0 Å². The van der Waals surface area contributed by atoms with E-state index >= 15 is 0 Å². The second-order valence-corrected chi connectivity index (χ2v) is 9.23. The minimum atomic E-state index is -3.66. The Morgan fingerprint density at radius 2 is 1.93 bits per heavy atom. The van der Waals surface area contributed by atoms with Crippen molar-refractivity contribution in [1.29, 1.82) is 0 Å². The first-order chi connectivity index (χ1) is 12.5. The number of rotatable bonds is 7. The monoisotopic (exact) mass is 426 g/mol. The topological polar surface area (TPSA) is 134 Å². The van der Waals surface area contributed by atoms with Crippen molar-refractivity contribution in [2.45, 2.75) is 39.3 Å². The summed E-state index contributed by atoms with van der Waals surface area (Å²) in [6.45, 7) is 11.2. The second kappa shape index (κ2) is 11.1. The van der Waals surface area contributed by atoms with E-state index in [-0.39, 0.29) is 17.9 Å². The summed E-state index contributed by atoms with van der Waals surface area (Å²) < 4.78 is 46.3. The van der Waals surface area contributed by atoms with Crippen molar-refractivity contribution in [3.8, 4) is 5.88 Å². The van der Waals surface area contributed by atoms with E-state index in [1.54, 1.807) is 0 Å². The first-order valence-electron chi connectivity index (χ1n) is 8.68. The number of aliphatic hydroxyl groups excluding tert-OH is 1. The number of hydrogen-bond donors (Lipinski definition) is 3. The van der Waals surface area contributed by atoms with Crippen molar-refractivity contribution < 1.29 is 27.6 Å². The molecule has 1 fully saturated rings. The first-order valence-corrected chi connectivity index (χ1v) is 11.0. The number of anilines is 1. The Hall–Kier alpha value is -1.05. The van der Waals surface area contributed by atoms with Gasteiger partial charge in [-0.3, -0.25) is 4.55 Å². The van der Waals surface area contributed by atoms with E-state index in [0.29, 0.717) is 25.6 Å². The normalized spacial score (nSPS) is 16.4. The maximum Gasteiger partial charge on any atom is 0.270 e. The van der Waals surface area contributed by atoms with Crippen LogP contribution in [0.3, 0.4) is 0 Å². The van der Waals surface area contributed by atoms with Gasteiger partial charge in [-0.15, -0.1) is 4.37 Å². The molecule has 0 radical (unpaired) electrons. The number of nitrogens with zero attached hydrogens (tertiary/aromatic N) is 3. The molecule has 1 atom stereocenters. The Kier molecular flexibility index (Phi) is 9.84. The maximum absolute atomic E-state index is 9.95. The highest BCUT2D eigenvalue weighted by molar-refractivity contribution is 7.85. The molecule has 27 heavy (non-hydrogen) atoms. The van der Waals surface area contributed by atoms with E-state index in [2.05, 4.69) is 39.7 Å². The van der Waals surface area contributed by atoms with E-state index in [0.717, 1.165) is 30.6 Å². The molecule has 0 aliphatic carbocycles.